The Morgan fingerprint density at radius 3 is 2.62 bits per heavy atom. The van der Waals surface area contributed by atoms with Gasteiger partial charge in [0.2, 0.25) is 0 Å². The van der Waals surface area contributed by atoms with Crippen molar-refractivity contribution >= 4 is 17.5 Å². The van der Waals surface area contributed by atoms with Crippen LogP contribution in [0.15, 0.2) is 71.6 Å². The van der Waals surface area contributed by atoms with Crippen LogP contribution in [-0.2, 0) is 0 Å². The van der Waals surface area contributed by atoms with Gasteiger partial charge < -0.3 is 14.6 Å². The normalized spacial score (nSPS) is 11.6. The number of pyridine rings is 1. The number of aromatic nitrogens is 1. The largest absolute Gasteiger partial charge is 0.459 e. The first-order valence-electron chi connectivity index (χ1n) is 8.19. The first-order chi connectivity index (χ1) is 12.6. The van der Waals surface area contributed by atoms with Crippen LogP contribution in [0.2, 0.25) is 0 Å². The van der Waals surface area contributed by atoms with Crippen LogP contribution < -0.4 is 10.2 Å². The van der Waals surface area contributed by atoms with Crippen LogP contribution in [0.4, 0.5) is 5.69 Å². The minimum atomic E-state index is -0.324. The molecule has 132 valence electrons. The van der Waals surface area contributed by atoms with E-state index in [0.29, 0.717) is 11.3 Å². The summed E-state index contributed by atoms with van der Waals surface area (Å²) in [7, 11) is 1.61. The minimum Gasteiger partial charge on any atom is -0.459 e. The van der Waals surface area contributed by atoms with Crippen molar-refractivity contribution in [2.24, 2.45) is 0 Å². The Balaban J connectivity index is 1.82. The lowest BCUT2D eigenvalue weighted by atomic mass is 10.1. The van der Waals surface area contributed by atoms with Crippen molar-refractivity contribution < 1.29 is 14.0 Å². The number of carbonyl (C=O) groups excluding carboxylic acids is 2. The van der Waals surface area contributed by atoms with E-state index < -0.39 is 0 Å². The lowest BCUT2D eigenvalue weighted by molar-refractivity contribution is 0.0940. The van der Waals surface area contributed by atoms with Crippen LogP contribution in [0.5, 0.6) is 0 Å². The van der Waals surface area contributed by atoms with Crippen molar-refractivity contribution in [1.29, 1.82) is 0 Å². The molecule has 0 aliphatic rings. The number of hydrogen-bond acceptors (Lipinski definition) is 4. The van der Waals surface area contributed by atoms with Crippen LogP contribution in [0, 0.1) is 0 Å². The van der Waals surface area contributed by atoms with Crippen molar-refractivity contribution in [2.45, 2.75) is 13.0 Å². The van der Waals surface area contributed by atoms with E-state index >= 15 is 0 Å². The molecule has 6 nitrogen and oxygen atoms in total. The molecule has 3 rings (SSSR count). The van der Waals surface area contributed by atoms with E-state index in [1.807, 2.05) is 19.1 Å². The molecule has 2 aromatic heterocycles. The zero-order valence-corrected chi connectivity index (χ0v) is 14.5. The molecule has 3 aromatic rings. The maximum absolute atomic E-state index is 12.8. The van der Waals surface area contributed by atoms with Gasteiger partial charge in [-0.3, -0.25) is 14.6 Å². The molecule has 0 aliphatic heterocycles. The van der Waals surface area contributed by atoms with Gasteiger partial charge in [0.05, 0.1) is 23.6 Å². The molecule has 26 heavy (non-hydrogen) atoms. The van der Waals surface area contributed by atoms with Gasteiger partial charge >= 0.3 is 0 Å². The molecule has 2 amide bonds. The van der Waals surface area contributed by atoms with Crippen LogP contribution in [0.3, 0.4) is 0 Å². The number of rotatable bonds is 5. The summed E-state index contributed by atoms with van der Waals surface area (Å²) < 4.78 is 5.16. The summed E-state index contributed by atoms with van der Waals surface area (Å²) in [6, 6.07) is 13.7. The number of benzene rings is 1. The second-order valence-electron chi connectivity index (χ2n) is 5.84. The van der Waals surface area contributed by atoms with Crippen molar-refractivity contribution in [2.75, 3.05) is 11.9 Å². The second-order valence-corrected chi connectivity index (χ2v) is 5.84. The molecule has 0 aliphatic carbocycles. The Morgan fingerprint density at radius 2 is 1.92 bits per heavy atom. The average Bonchev–Trinajstić information content (AvgIpc) is 3.22. The first-order valence-corrected chi connectivity index (χ1v) is 8.19. The third-order valence-corrected chi connectivity index (χ3v) is 4.08. The van der Waals surface area contributed by atoms with Gasteiger partial charge in [0.15, 0.2) is 5.76 Å². The van der Waals surface area contributed by atoms with Gasteiger partial charge in [0.25, 0.3) is 11.8 Å². The molecule has 2 heterocycles. The Labute approximate surface area is 151 Å². The molecule has 0 saturated heterocycles. The van der Waals surface area contributed by atoms with Gasteiger partial charge in [-0.1, -0.05) is 18.2 Å². The Kier molecular flexibility index (Phi) is 5.12. The molecule has 0 bridgehead atoms. The highest BCUT2D eigenvalue weighted by atomic mass is 16.3. The summed E-state index contributed by atoms with van der Waals surface area (Å²) in [6.07, 6.45) is 4.83. The number of amides is 2. The number of anilines is 1. The predicted octanol–water partition coefficient (Wildman–Crippen LogP) is 3.44. The number of furan rings is 1. The van der Waals surface area contributed by atoms with Gasteiger partial charge in [-0.2, -0.15) is 0 Å². The third kappa shape index (κ3) is 3.64. The molecule has 1 atom stereocenters. The topological polar surface area (TPSA) is 75.4 Å². The van der Waals surface area contributed by atoms with Crippen LogP contribution >= 0.6 is 0 Å². The standard InChI is InChI=1S/C20H19N3O3/c1-14(15-7-5-11-21-13-15)22-19(24)16-8-3-4-9-17(16)23(2)20(25)18-10-6-12-26-18/h3-14H,1-2H3,(H,22,24)/t14-/m0/s1. The highest BCUT2D eigenvalue weighted by Gasteiger charge is 2.22. The molecule has 1 N–H and O–H groups in total. The van der Waals surface area contributed by atoms with E-state index in [9.17, 15) is 9.59 Å². The van der Waals surface area contributed by atoms with E-state index in [1.54, 1.807) is 55.8 Å². The maximum atomic E-state index is 12.8. The van der Waals surface area contributed by atoms with E-state index in [1.165, 1.54) is 11.2 Å². The smallest absolute Gasteiger partial charge is 0.293 e. The molecular formula is C20H19N3O3. The molecule has 0 saturated carbocycles. The molecule has 1 aromatic carbocycles. The van der Waals surface area contributed by atoms with Crippen LogP contribution in [0.1, 0.15) is 39.4 Å². The van der Waals surface area contributed by atoms with Gasteiger partial charge in [-0.25, -0.2) is 0 Å². The summed E-state index contributed by atoms with van der Waals surface area (Å²) in [4.78, 5) is 30.8. The molecule has 0 fully saturated rings. The number of para-hydroxylation sites is 1. The molecule has 6 heteroatoms. The number of nitrogens with zero attached hydrogens (tertiary/aromatic N) is 2. The van der Waals surface area contributed by atoms with Crippen molar-refractivity contribution in [3.8, 4) is 0 Å². The molecule has 0 radical (unpaired) electrons. The summed E-state index contributed by atoms with van der Waals surface area (Å²) in [5.74, 6) is -0.377. The van der Waals surface area contributed by atoms with Crippen LogP contribution in [-0.4, -0.2) is 23.8 Å². The molecule has 0 spiro atoms. The Morgan fingerprint density at radius 1 is 1.12 bits per heavy atom. The van der Waals surface area contributed by atoms with Gasteiger partial charge in [0, 0.05) is 19.4 Å². The third-order valence-electron chi connectivity index (χ3n) is 4.08. The van der Waals surface area contributed by atoms with Crippen molar-refractivity contribution in [3.63, 3.8) is 0 Å². The fourth-order valence-electron chi connectivity index (χ4n) is 2.62. The highest BCUT2D eigenvalue weighted by molar-refractivity contribution is 6.09. The first kappa shape index (κ1) is 17.4. The van der Waals surface area contributed by atoms with E-state index in [4.69, 9.17) is 4.42 Å². The van der Waals surface area contributed by atoms with Crippen molar-refractivity contribution in [3.05, 3.63) is 84.1 Å². The van der Waals surface area contributed by atoms with Crippen molar-refractivity contribution in [1.82, 2.24) is 10.3 Å². The van der Waals surface area contributed by atoms with Gasteiger partial charge in [0.1, 0.15) is 0 Å². The minimum absolute atomic E-state index is 0.213. The lowest BCUT2D eigenvalue weighted by Gasteiger charge is -2.21. The van der Waals surface area contributed by atoms with Crippen LogP contribution in [0.25, 0.3) is 0 Å². The summed E-state index contributed by atoms with van der Waals surface area (Å²) in [6.45, 7) is 1.88. The van der Waals surface area contributed by atoms with E-state index in [0.717, 1.165) is 5.56 Å². The fourth-order valence-corrected chi connectivity index (χ4v) is 2.62. The SMILES string of the molecule is C[C@H](NC(=O)c1ccccc1N(C)C(=O)c1ccco1)c1cccnc1. The zero-order chi connectivity index (χ0) is 18.5. The number of nitrogens with one attached hydrogen (secondary N) is 1. The number of hydrogen-bond donors (Lipinski definition) is 1. The maximum Gasteiger partial charge on any atom is 0.293 e. The number of carbonyl (C=O) groups is 2. The molecule has 0 unspecified atom stereocenters. The fraction of sp³-hybridized carbons (Fsp3) is 0.150. The average molecular weight is 349 g/mol. The highest BCUT2D eigenvalue weighted by Crippen LogP contribution is 2.22. The Bertz CT molecular complexity index is 892. The second kappa shape index (κ2) is 7.65. The quantitative estimate of drug-likeness (QED) is 0.765. The van der Waals surface area contributed by atoms with E-state index in [-0.39, 0.29) is 23.6 Å². The summed E-state index contributed by atoms with van der Waals surface area (Å²) in [5, 5.41) is 2.94. The van der Waals surface area contributed by atoms with Gasteiger partial charge in [-0.15, -0.1) is 0 Å². The van der Waals surface area contributed by atoms with E-state index in [2.05, 4.69) is 10.3 Å². The summed E-state index contributed by atoms with van der Waals surface area (Å²) >= 11 is 0. The monoisotopic (exact) mass is 349 g/mol. The van der Waals surface area contributed by atoms with Gasteiger partial charge in [-0.05, 0) is 42.8 Å². The lowest BCUT2D eigenvalue weighted by Crippen LogP contribution is -2.31. The summed E-state index contributed by atoms with van der Waals surface area (Å²) in [5.41, 5.74) is 1.81. The predicted molar refractivity (Wildman–Crippen MR) is 98.0 cm³/mol. The Hall–Kier alpha value is -3.41. The molecular weight excluding hydrogens is 330 g/mol. The zero-order valence-electron chi connectivity index (χ0n) is 14.5.